The van der Waals surface area contributed by atoms with Crippen LogP contribution in [0, 0.1) is 10.7 Å². The maximum Gasteiger partial charge on any atom is 0.538 e. The van der Waals surface area contributed by atoms with Crippen LogP contribution in [0.1, 0.15) is 20.8 Å². The van der Waals surface area contributed by atoms with Crippen molar-refractivity contribution in [1.29, 1.82) is 0 Å². The summed E-state index contributed by atoms with van der Waals surface area (Å²) in [5, 5.41) is 1.07. The van der Waals surface area contributed by atoms with E-state index in [0.717, 1.165) is 5.19 Å². The van der Waals surface area contributed by atoms with E-state index in [9.17, 15) is 0 Å². The van der Waals surface area contributed by atoms with Crippen molar-refractivity contribution in [2.24, 2.45) is 0 Å². The lowest BCUT2D eigenvalue weighted by Gasteiger charge is -2.29. The van der Waals surface area contributed by atoms with Crippen LogP contribution in [-0.4, -0.2) is 28.6 Å². The van der Waals surface area contributed by atoms with Crippen LogP contribution in [0.4, 0.5) is 0 Å². The third-order valence-corrected chi connectivity index (χ3v) is 11.2. The highest BCUT2D eigenvalue weighted by molar-refractivity contribution is 14.1. The van der Waals surface area contributed by atoms with Crippen molar-refractivity contribution in [2.45, 2.75) is 20.8 Å². The number of hydrogen-bond acceptors (Lipinski definition) is 3. The minimum atomic E-state index is -2.79. The average Bonchev–Trinajstić information content (AvgIpc) is 2.37. The Bertz CT molecular complexity index is 412. The van der Waals surface area contributed by atoms with Crippen LogP contribution in [0.25, 0.3) is 0 Å². The van der Waals surface area contributed by atoms with E-state index in [2.05, 4.69) is 79.9 Å². The van der Waals surface area contributed by atoms with Crippen molar-refractivity contribution < 1.29 is 13.3 Å². The zero-order valence-electron chi connectivity index (χ0n) is 11.1. The van der Waals surface area contributed by atoms with Crippen molar-refractivity contribution >= 4 is 81.8 Å². The summed E-state index contributed by atoms with van der Waals surface area (Å²) in [6, 6.07) is 4.18. The third kappa shape index (κ3) is 4.49. The van der Waals surface area contributed by atoms with Crippen molar-refractivity contribution in [3.63, 3.8) is 0 Å². The van der Waals surface area contributed by atoms with Gasteiger partial charge < -0.3 is 13.3 Å². The second-order valence-electron chi connectivity index (χ2n) is 3.58. The van der Waals surface area contributed by atoms with E-state index < -0.39 is 8.80 Å². The Balaban J connectivity index is 3.34. The normalized spacial score (nSPS) is 11.9. The number of benzene rings is 1. The van der Waals surface area contributed by atoms with Crippen LogP contribution in [0.15, 0.2) is 12.1 Å². The molecule has 1 rings (SSSR count). The summed E-state index contributed by atoms with van der Waals surface area (Å²) in [6.45, 7) is 7.69. The molecule has 0 fully saturated rings. The fourth-order valence-corrected chi connectivity index (χ4v) is 7.38. The van der Waals surface area contributed by atoms with Crippen molar-refractivity contribution in [3.05, 3.63) is 22.8 Å². The molecule has 0 aromatic heterocycles. The molecule has 0 unspecified atom stereocenters. The van der Waals surface area contributed by atoms with Crippen molar-refractivity contribution in [2.75, 3.05) is 19.8 Å². The average molecular weight is 618 g/mol. The number of rotatable bonds is 7. The molecule has 0 aliphatic rings. The second-order valence-corrected chi connectivity index (χ2v) is 9.41. The largest absolute Gasteiger partial charge is 0.538 e. The molecule has 0 atom stereocenters. The SMILES string of the molecule is CCO[Si](OCC)(OCC)c1ccc(I)c(I)c1I. The van der Waals surface area contributed by atoms with Crippen LogP contribution >= 0.6 is 67.8 Å². The lowest BCUT2D eigenvalue weighted by molar-refractivity contribution is 0.0857. The van der Waals surface area contributed by atoms with Crippen molar-refractivity contribution in [1.82, 2.24) is 0 Å². The van der Waals surface area contributed by atoms with Crippen LogP contribution in [-0.2, 0) is 13.3 Å². The fraction of sp³-hybridized carbons (Fsp3) is 0.500. The molecule has 0 saturated carbocycles. The van der Waals surface area contributed by atoms with Gasteiger partial charge in [-0.05, 0) is 94.6 Å². The molecule has 1 aromatic carbocycles. The fourth-order valence-electron chi connectivity index (χ4n) is 1.69. The van der Waals surface area contributed by atoms with E-state index >= 15 is 0 Å². The lowest BCUT2D eigenvalue weighted by atomic mass is 10.4. The van der Waals surface area contributed by atoms with Crippen LogP contribution in [0.2, 0.25) is 0 Å². The van der Waals surface area contributed by atoms with Crippen LogP contribution in [0.3, 0.4) is 0 Å². The van der Waals surface area contributed by atoms with E-state index in [-0.39, 0.29) is 0 Å². The van der Waals surface area contributed by atoms with Gasteiger partial charge in [0.1, 0.15) is 0 Å². The van der Waals surface area contributed by atoms with Gasteiger partial charge in [0.2, 0.25) is 0 Å². The monoisotopic (exact) mass is 618 g/mol. The molecule has 0 radical (unpaired) electrons. The first-order valence-electron chi connectivity index (χ1n) is 6.08. The van der Waals surface area contributed by atoms with Gasteiger partial charge in [0, 0.05) is 35.7 Å². The summed E-state index contributed by atoms with van der Waals surface area (Å²) >= 11 is 7.06. The van der Waals surface area contributed by atoms with Gasteiger partial charge in [-0.2, -0.15) is 0 Å². The van der Waals surface area contributed by atoms with Crippen LogP contribution < -0.4 is 5.19 Å². The predicted octanol–water partition coefficient (Wildman–Crippen LogP) is 3.76. The second kappa shape index (κ2) is 8.83. The standard InChI is InChI=1S/C12H17I3O3Si/c1-4-16-19(17-5-2,18-6-3)10-8-7-9(13)11(14)12(10)15/h7-8H,4-6H2,1-3H3. The van der Waals surface area contributed by atoms with Gasteiger partial charge >= 0.3 is 8.80 Å². The van der Waals surface area contributed by atoms with Gasteiger partial charge in [-0.25, -0.2) is 0 Å². The molecule has 0 spiro atoms. The minimum Gasteiger partial charge on any atom is -0.370 e. The molecule has 0 N–H and O–H groups in total. The summed E-state index contributed by atoms with van der Waals surface area (Å²) in [5.74, 6) is 0. The van der Waals surface area contributed by atoms with E-state index in [4.69, 9.17) is 13.3 Å². The molecule has 3 nitrogen and oxygen atoms in total. The van der Waals surface area contributed by atoms with E-state index in [1.165, 1.54) is 10.7 Å². The van der Waals surface area contributed by atoms with Gasteiger partial charge in [0.05, 0.1) is 0 Å². The van der Waals surface area contributed by atoms with E-state index in [1.807, 2.05) is 20.8 Å². The van der Waals surface area contributed by atoms with E-state index in [1.54, 1.807) is 0 Å². The van der Waals surface area contributed by atoms with E-state index in [0.29, 0.717) is 19.8 Å². The first kappa shape index (κ1) is 18.6. The van der Waals surface area contributed by atoms with Crippen LogP contribution in [0.5, 0.6) is 0 Å². The van der Waals surface area contributed by atoms with Gasteiger partial charge in [-0.1, -0.05) is 6.07 Å². The molecule has 0 aliphatic carbocycles. The zero-order chi connectivity index (χ0) is 14.5. The van der Waals surface area contributed by atoms with Gasteiger partial charge in [-0.3, -0.25) is 0 Å². The molecule has 0 amide bonds. The Kier molecular flexibility index (Phi) is 8.62. The lowest BCUT2D eigenvalue weighted by Crippen LogP contribution is -2.58. The summed E-state index contributed by atoms with van der Waals surface area (Å²) in [5.41, 5.74) is 0. The predicted molar refractivity (Wildman–Crippen MR) is 105 cm³/mol. The summed E-state index contributed by atoms with van der Waals surface area (Å²) in [7, 11) is -2.79. The summed E-state index contributed by atoms with van der Waals surface area (Å²) in [6.07, 6.45) is 0. The highest BCUT2D eigenvalue weighted by Gasteiger charge is 2.45. The first-order valence-corrected chi connectivity index (χ1v) is 11.0. The quantitative estimate of drug-likeness (QED) is 0.265. The maximum atomic E-state index is 5.96. The Morgan fingerprint density at radius 2 is 1.32 bits per heavy atom. The molecule has 0 saturated heterocycles. The Morgan fingerprint density at radius 1 is 0.842 bits per heavy atom. The number of hydrogen-bond donors (Lipinski definition) is 0. The molecule has 0 bridgehead atoms. The highest BCUT2D eigenvalue weighted by atomic mass is 127. The minimum absolute atomic E-state index is 0.588. The third-order valence-electron chi connectivity index (χ3n) is 2.37. The number of halogens is 3. The molecule has 108 valence electrons. The first-order chi connectivity index (χ1) is 9.02. The van der Waals surface area contributed by atoms with Gasteiger partial charge in [0.15, 0.2) is 0 Å². The Hall–Kier alpha value is 1.51. The summed E-state index contributed by atoms with van der Waals surface area (Å²) < 4.78 is 21.5. The Morgan fingerprint density at radius 3 is 1.74 bits per heavy atom. The smallest absolute Gasteiger partial charge is 0.370 e. The molecular formula is C12H17I3O3Si. The van der Waals surface area contributed by atoms with Crippen molar-refractivity contribution in [3.8, 4) is 0 Å². The topological polar surface area (TPSA) is 27.7 Å². The molecule has 19 heavy (non-hydrogen) atoms. The Labute approximate surface area is 156 Å². The highest BCUT2D eigenvalue weighted by Crippen LogP contribution is 2.23. The summed E-state index contributed by atoms with van der Waals surface area (Å²) in [4.78, 5) is 0. The maximum absolute atomic E-state index is 5.96. The molecule has 0 aliphatic heterocycles. The van der Waals surface area contributed by atoms with Gasteiger partial charge in [-0.15, -0.1) is 0 Å². The molecule has 1 aromatic rings. The zero-order valence-corrected chi connectivity index (χ0v) is 18.6. The molecule has 0 heterocycles. The molecule has 7 heteroatoms. The molecular weight excluding hydrogens is 601 g/mol. The van der Waals surface area contributed by atoms with Gasteiger partial charge in [0.25, 0.3) is 0 Å².